The van der Waals surface area contributed by atoms with Gasteiger partial charge in [-0.15, -0.1) is 0 Å². The summed E-state index contributed by atoms with van der Waals surface area (Å²) in [5.41, 5.74) is 11.4. The fourth-order valence-electron chi connectivity index (χ4n) is 7.84. The highest BCUT2D eigenvalue weighted by Gasteiger charge is 2.57. The molecule has 7 rings (SSSR count). The lowest BCUT2D eigenvalue weighted by Crippen LogP contribution is -2.68. The third-order valence-electron chi connectivity index (χ3n) is 11.1. The summed E-state index contributed by atoms with van der Waals surface area (Å²) in [5.74, 6) is -4.04. The highest BCUT2D eigenvalue weighted by molar-refractivity contribution is 5.91. The van der Waals surface area contributed by atoms with Gasteiger partial charge in [0.2, 0.25) is 5.91 Å². The number of carbonyl (C=O) groups excluding carboxylic acids is 5. The van der Waals surface area contributed by atoms with E-state index in [9.17, 15) is 29.5 Å². The number of ether oxygens (including phenoxy) is 9. The van der Waals surface area contributed by atoms with Crippen molar-refractivity contribution < 1.29 is 66.6 Å². The number of carbonyl (C=O) groups is 5. The molecule has 18 heteroatoms. The van der Waals surface area contributed by atoms with Crippen LogP contribution >= 0.6 is 0 Å². The smallest absolute Gasteiger partial charge is 0.338 e. The second-order valence-electron chi connectivity index (χ2n) is 16.2. The van der Waals surface area contributed by atoms with Gasteiger partial charge in [-0.25, -0.2) is 19.2 Å². The summed E-state index contributed by atoms with van der Waals surface area (Å²) in [6.45, 7) is 2.61. The molecule has 2 heterocycles. The van der Waals surface area contributed by atoms with Gasteiger partial charge in [-0.05, 0) is 66.0 Å². The van der Waals surface area contributed by atoms with Crippen molar-refractivity contribution in [2.45, 2.75) is 88.2 Å². The summed E-state index contributed by atoms with van der Waals surface area (Å²) < 4.78 is 56.8. The molecule has 2 saturated heterocycles. The number of benzene rings is 5. The van der Waals surface area contributed by atoms with E-state index in [1.165, 1.54) is 55.5 Å². The molecule has 5 aromatic carbocycles. The van der Waals surface area contributed by atoms with Crippen molar-refractivity contribution in [1.29, 1.82) is 0 Å². The van der Waals surface area contributed by atoms with Crippen LogP contribution in [0.1, 0.15) is 67.3 Å². The lowest BCUT2D eigenvalue weighted by Gasteiger charge is -2.49. The van der Waals surface area contributed by atoms with Crippen molar-refractivity contribution >= 4 is 29.8 Å². The monoisotopic (exact) mass is 956 g/mol. The number of hydrogen-bond acceptors (Lipinski definition) is 15. The quantitative estimate of drug-likeness (QED) is 0.0268. The highest BCUT2D eigenvalue weighted by Crippen LogP contribution is 2.36. The Morgan fingerprint density at radius 3 is 1.54 bits per heavy atom. The van der Waals surface area contributed by atoms with E-state index in [4.69, 9.17) is 42.6 Å². The Kier molecular flexibility index (Phi) is 18.2. The molecule has 0 unspecified atom stereocenters. The largest absolute Gasteiger partial charge is 0.459 e. The van der Waals surface area contributed by atoms with Gasteiger partial charge in [0.05, 0.1) is 47.6 Å². The summed E-state index contributed by atoms with van der Waals surface area (Å²) in [7, 11) is 0. The van der Waals surface area contributed by atoms with E-state index in [0.29, 0.717) is 6.42 Å². The summed E-state index contributed by atoms with van der Waals surface area (Å²) >= 11 is 0. The van der Waals surface area contributed by atoms with E-state index < -0.39 is 97.7 Å². The van der Waals surface area contributed by atoms with Crippen molar-refractivity contribution in [3.63, 3.8) is 0 Å². The van der Waals surface area contributed by atoms with Crippen LogP contribution in [0, 0.1) is 0 Å². The molecule has 0 bridgehead atoms. The zero-order valence-electron chi connectivity index (χ0n) is 38.3. The Morgan fingerprint density at radius 1 is 0.586 bits per heavy atom. The zero-order valence-corrected chi connectivity index (χ0v) is 38.3. The van der Waals surface area contributed by atoms with E-state index >= 15 is 0 Å². The van der Waals surface area contributed by atoms with Crippen LogP contribution in [0.3, 0.4) is 0 Å². The van der Waals surface area contributed by atoms with Gasteiger partial charge in [-0.2, -0.15) is 0 Å². The van der Waals surface area contributed by atoms with Crippen molar-refractivity contribution in [3.8, 4) is 0 Å². The average Bonchev–Trinajstić information content (AvgIpc) is 3.39. The lowest BCUT2D eigenvalue weighted by atomic mass is 9.93. The van der Waals surface area contributed by atoms with Crippen LogP contribution in [-0.4, -0.2) is 111 Å². The van der Waals surface area contributed by atoms with Crippen molar-refractivity contribution in [3.05, 3.63) is 190 Å². The van der Waals surface area contributed by atoms with Crippen molar-refractivity contribution in [2.24, 2.45) is 5.11 Å². The van der Waals surface area contributed by atoms with E-state index in [2.05, 4.69) is 15.3 Å². The predicted molar refractivity (Wildman–Crippen MR) is 249 cm³/mol. The van der Waals surface area contributed by atoms with Gasteiger partial charge in [0.15, 0.2) is 30.9 Å². The van der Waals surface area contributed by atoms with Gasteiger partial charge in [-0.1, -0.05) is 115 Å². The highest BCUT2D eigenvalue weighted by atomic mass is 16.8. The number of azide groups is 1. The minimum Gasteiger partial charge on any atom is -0.459 e. The number of amides is 1. The van der Waals surface area contributed by atoms with Crippen LogP contribution in [0.25, 0.3) is 10.4 Å². The Bertz CT molecular complexity index is 2540. The van der Waals surface area contributed by atoms with Crippen LogP contribution in [0.5, 0.6) is 0 Å². The SMILES string of the molecule is CCCO[C@@H]1O[C@H](COCc2ccccc2)[C@@H](O[C@@H]2O[C@H](COC(=O)c3ccccc3)[C@@H](OC(=O)c3ccccc3)[C@H](OC(=O)c3ccccc3)[C@H]2OC(=O)c2ccccc2)[C@H](N=[N+]=[N-])[C@H]1NC(C)=O. The second kappa shape index (κ2) is 25.2. The standard InChI is InChI=1S/C52H52N4O14/c1-3-29-63-51-42(54-33(2)57)41(55-56-53)43(39(65-51)31-62-30-34-19-9-4-10-20-34)70-52-46(69-50(61)38-27-17-8-18-28-38)45(68-49(60)37-25-15-7-16-26-37)44(67-48(59)36-23-13-6-14-24-36)40(66-52)32-64-47(58)35-21-11-5-12-22-35/h4-28,39-46,51-52H,3,29-32H2,1-2H3,(H,54,57)/t39-,40-,41-,42-,43-,44-,45+,46-,51-,52+/m1/s1. The maximum Gasteiger partial charge on any atom is 0.338 e. The van der Waals surface area contributed by atoms with E-state index in [1.54, 1.807) is 72.8 Å². The molecule has 2 aliphatic rings. The molecule has 1 amide bonds. The molecule has 5 aromatic rings. The fourth-order valence-corrected chi connectivity index (χ4v) is 7.84. The predicted octanol–water partition coefficient (Wildman–Crippen LogP) is 7.18. The first-order valence-corrected chi connectivity index (χ1v) is 22.6. The van der Waals surface area contributed by atoms with Crippen LogP contribution in [-0.2, 0) is 54.0 Å². The second-order valence-corrected chi connectivity index (χ2v) is 16.2. The molecule has 10 atom stereocenters. The molecule has 364 valence electrons. The molecule has 2 fully saturated rings. The lowest BCUT2D eigenvalue weighted by molar-refractivity contribution is -0.335. The van der Waals surface area contributed by atoms with E-state index in [1.807, 2.05) is 37.3 Å². The number of rotatable bonds is 20. The molecule has 0 saturated carbocycles. The Hall–Kier alpha value is -7.44. The maximum atomic E-state index is 14.3. The molecule has 1 N–H and O–H groups in total. The fraction of sp³-hybridized carbons (Fsp3) is 0.327. The summed E-state index contributed by atoms with van der Waals surface area (Å²) in [5, 5.41) is 6.90. The molecule has 0 aliphatic carbocycles. The van der Waals surface area contributed by atoms with Crippen molar-refractivity contribution in [1.82, 2.24) is 5.32 Å². The average molecular weight is 957 g/mol. The molecule has 70 heavy (non-hydrogen) atoms. The first-order valence-electron chi connectivity index (χ1n) is 22.6. The van der Waals surface area contributed by atoms with Gasteiger partial charge in [0, 0.05) is 18.4 Å². The molecular weight excluding hydrogens is 905 g/mol. The summed E-state index contributed by atoms with van der Waals surface area (Å²) in [4.78, 5) is 72.1. The number of hydrogen-bond donors (Lipinski definition) is 1. The molecule has 18 nitrogen and oxygen atoms in total. The molecular formula is C52H52N4O14. The Balaban J connectivity index is 1.35. The van der Waals surface area contributed by atoms with Crippen LogP contribution in [0.15, 0.2) is 157 Å². The van der Waals surface area contributed by atoms with Gasteiger partial charge < -0.3 is 47.9 Å². The van der Waals surface area contributed by atoms with Crippen LogP contribution in [0.2, 0.25) is 0 Å². The summed E-state index contributed by atoms with van der Waals surface area (Å²) in [6.07, 6.45) is -11.8. The Morgan fingerprint density at radius 2 is 1.04 bits per heavy atom. The third-order valence-corrected chi connectivity index (χ3v) is 11.1. The molecule has 2 aliphatic heterocycles. The van der Waals surface area contributed by atoms with Gasteiger partial charge in [0.1, 0.15) is 24.9 Å². The minimum atomic E-state index is -1.83. The first kappa shape index (κ1) is 50.4. The minimum absolute atomic E-state index is 0.0768. The maximum absolute atomic E-state index is 14.3. The van der Waals surface area contributed by atoms with E-state index in [0.717, 1.165) is 5.56 Å². The van der Waals surface area contributed by atoms with Crippen molar-refractivity contribution in [2.75, 3.05) is 19.8 Å². The topological polar surface area (TPSA) is 229 Å². The van der Waals surface area contributed by atoms with Gasteiger partial charge >= 0.3 is 23.9 Å². The number of nitrogens with zero attached hydrogens (tertiary/aromatic N) is 3. The molecule has 0 spiro atoms. The van der Waals surface area contributed by atoms with Gasteiger partial charge in [0.25, 0.3) is 0 Å². The molecule has 0 radical (unpaired) electrons. The first-order chi connectivity index (χ1) is 34.1. The van der Waals surface area contributed by atoms with Crippen LogP contribution < -0.4 is 5.32 Å². The number of nitrogens with one attached hydrogen (secondary N) is 1. The third kappa shape index (κ3) is 13.4. The van der Waals surface area contributed by atoms with E-state index in [-0.39, 0.29) is 42.1 Å². The normalized spacial score (nSPS) is 23.9. The number of esters is 4. The van der Waals surface area contributed by atoms with Gasteiger partial charge in [-0.3, -0.25) is 4.79 Å². The van der Waals surface area contributed by atoms with Crippen LogP contribution in [0.4, 0.5) is 0 Å². The Labute approximate surface area is 403 Å². The zero-order chi connectivity index (χ0) is 49.2. The summed E-state index contributed by atoms with van der Waals surface area (Å²) in [6, 6.07) is 38.6. The molecule has 0 aromatic heterocycles.